The third-order valence-electron chi connectivity index (χ3n) is 2.19. The standard InChI is InChI=1S/C11H10N4O3S/c16-10(7-5-12-3-4-13-7)14-2-1-9-15-8(6-19-9)11(17)18/h3-6H,1-2H2,(H,14,16)(H,17,18). The third-order valence-corrected chi connectivity index (χ3v) is 3.10. The molecule has 0 unspecified atom stereocenters. The van der Waals surface area contributed by atoms with Gasteiger partial charge < -0.3 is 10.4 Å². The molecule has 0 aliphatic carbocycles. The molecular formula is C11H10N4O3S. The van der Waals surface area contributed by atoms with Gasteiger partial charge in [0.15, 0.2) is 5.69 Å². The second-order valence-corrected chi connectivity index (χ2v) is 4.47. The number of carboxylic acid groups (broad SMARTS) is 1. The quantitative estimate of drug-likeness (QED) is 0.830. The summed E-state index contributed by atoms with van der Waals surface area (Å²) >= 11 is 1.25. The molecule has 2 heterocycles. The van der Waals surface area contributed by atoms with Gasteiger partial charge in [-0.05, 0) is 0 Å². The van der Waals surface area contributed by atoms with Crippen molar-refractivity contribution >= 4 is 23.2 Å². The lowest BCUT2D eigenvalue weighted by atomic mass is 10.4. The maximum Gasteiger partial charge on any atom is 0.355 e. The minimum atomic E-state index is -1.05. The molecule has 2 N–H and O–H groups in total. The van der Waals surface area contributed by atoms with Gasteiger partial charge in [-0.1, -0.05) is 0 Å². The predicted molar refractivity (Wildman–Crippen MR) is 67.1 cm³/mol. The molecule has 0 saturated carbocycles. The summed E-state index contributed by atoms with van der Waals surface area (Å²) in [6.45, 7) is 0.363. The van der Waals surface area contributed by atoms with Gasteiger partial charge in [-0.3, -0.25) is 9.78 Å². The van der Waals surface area contributed by atoms with Crippen LogP contribution < -0.4 is 5.32 Å². The van der Waals surface area contributed by atoms with Crippen LogP contribution in [0, 0.1) is 0 Å². The topological polar surface area (TPSA) is 105 Å². The van der Waals surface area contributed by atoms with Crippen LogP contribution in [0.3, 0.4) is 0 Å². The third kappa shape index (κ3) is 3.55. The van der Waals surface area contributed by atoms with Crippen molar-refractivity contribution in [3.63, 3.8) is 0 Å². The van der Waals surface area contributed by atoms with Crippen LogP contribution in [0.15, 0.2) is 24.0 Å². The van der Waals surface area contributed by atoms with E-state index in [4.69, 9.17) is 5.11 Å². The normalized spacial score (nSPS) is 10.1. The van der Waals surface area contributed by atoms with Crippen molar-refractivity contribution in [2.45, 2.75) is 6.42 Å². The predicted octanol–water partition coefficient (Wildman–Crippen LogP) is 0.604. The van der Waals surface area contributed by atoms with Gasteiger partial charge in [-0.15, -0.1) is 11.3 Å². The molecule has 2 aromatic heterocycles. The Morgan fingerprint density at radius 2 is 2.16 bits per heavy atom. The summed E-state index contributed by atoms with van der Waals surface area (Å²) in [4.78, 5) is 33.8. The monoisotopic (exact) mass is 278 g/mol. The number of nitrogens with zero attached hydrogens (tertiary/aromatic N) is 3. The number of nitrogens with one attached hydrogen (secondary N) is 1. The number of carboxylic acids is 1. The number of amides is 1. The van der Waals surface area contributed by atoms with Gasteiger partial charge in [0.25, 0.3) is 5.91 Å². The van der Waals surface area contributed by atoms with Gasteiger partial charge in [0.05, 0.1) is 11.2 Å². The molecule has 0 aliphatic heterocycles. The summed E-state index contributed by atoms with van der Waals surface area (Å²) in [6.07, 6.45) is 4.78. The van der Waals surface area contributed by atoms with Crippen molar-refractivity contribution in [2.24, 2.45) is 0 Å². The first-order valence-corrected chi connectivity index (χ1v) is 6.26. The Morgan fingerprint density at radius 1 is 1.32 bits per heavy atom. The zero-order valence-electron chi connectivity index (χ0n) is 9.74. The fraction of sp³-hybridized carbons (Fsp3) is 0.182. The van der Waals surface area contributed by atoms with Gasteiger partial charge in [0.2, 0.25) is 0 Å². The number of hydrogen-bond acceptors (Lipinski definition) is 6. The number of rotatable bonds is 5. The van der Waals surface area contributed by atoms with Gasteiger partial charge in [-0.2, -0.15) is 0 Å². The molecule has 0 aromatic carbocycles. The van der Waals surface area contributed by atoms with E-state index in [2.05, 4.69) is 20.3 Å². The summed E-state index contributed by atoms with van der Waals surface area (Å²) < 4.78 is 0. The minimum Gasteiger partial charge on any atom is -0.476 e. The molecule has 0 radical (unpaired) electrons. The van der Waals surface area contributed by atoms with E-state index >= 15 is 0 Å². The number of aromatic carboxylic acids is 1. The molecule has 1 amide bonds. The molecule has 2 rings (SSSR count). The van der Waals surface area contributed by atoms with E-state index in [1.807, 2.05) is 0 Å². The molecular weight excluding hydrogens is 268 g/mol. The first-order valence-electron chi connectivity index (χ1n) is 5.38. The fourth-order valence-electron chi connectivity index (χ4n) is 1.31. The molecule has 19 heavy (non-hydrogen) atoms. The second kappa shape index (κ2) is 6.01. The maximum atomic E-state index is 11.6. The first kappa shape index (κ1) is 13.1. The van der Waals surface area contributed by atoms with Crippen molar-refractivity contribution in [2.75, 3.05) is 6.54 Å². The lowest BCUT2D eigenvalue weighted by molar-refractivity contribution is 0.0690. The summed E-state index contributed by atoms with van der Waals surface area (Å²) in [6, 6.07) is 0. The Kier molecular flexibility index (Phi) is 4.14. The molecule has 8 heteroatoms. The molecule has 2 aromatic rings. The Hall–Kier alpha value is -2.35. The van der Waals surface area contributed by atoms with Gasteiger partial charge >= 0.3 is 5.97 Å². The first-order chi connectivity index (χ1) is 9.16. The van der Waals surface area contributed by atoms with Gasteiger partial charge in [0, 0.05) is 30.7 Å². The largest absolute Gasteiger partial charge is 0.476 e. The molecule has 0 saturated heterocycles. The maximum absolute atomic E-state index is 11.6. The SMILES string of the molecule is O=C(O)c1csc(CCNC(=O)c2cnccn2)n1. The minimum absolute atomic E-state index is 0.0280. The zero-order chi connectivity index (χ0) is 13.7. The van der Waals surface area contributed by atoms with Crippen LogP contribution in [-0.4, -0.2) is 38.5 Å². The molecule has 0 atom stereocenters. The Balaban J connectivity index is 1.83. The number of thiazole rings is 1. The Bertz CT molecular complexity index is 585. The highest BCUT2D eigenvalue weighted by Crippen LogP contribution is 2.09. The Labute approximate surface area is 112 Å². The summed E-state index contributed by atoms with van der Waals surface area (Å²) in [5, 5.41) is 13.5. The molecule has 0 spiro atoms. The number of aromatic nitrogens is 3. The van der Waals surface area contributed by atoms with E-state index in [1.54, 1.807) is 0 Å². The van der Waals surface area contributed by atoms with E-state index in [-0.39, 0.29) is 17.3 Å². The number of hydrogen-bond donors (Lipinski definition) is 2. The summed E-state index contributed by atoms with van der Waals surface area (Å²) in [5.41, 5.74) is 0.271. The fourth-order valence-corrected chi connectivity index (χ4v) is 2.09. The average molecular weight is 278 g/mol. The van der Waals surface area contributed by atoms with Crippen molar-refractivity contribution in [1.82, 2.24) is 20.3 Å². The van der Waals surface area contributed by atoms with Crippen LogP contribution in [-0.2, 0) is 6.42 Å². The molecule has 0 bridgehead atoms. The highest BCUT2D eigenvalue weighted by molar-refractivity contribution is 7.09. The zero-order valence-corrected chi connectivity index (χ0v) is 10.6. The van der Waals surface area contributed by atoms with Crippen LogP contribution in [0.2, 0.25) is 0 Å². The van der Waals surface area contributed by atoms with Crippen molar-refractivity contribution in [3.8, 4) is 0 Å². The molecule has 7 nitrogen and oxygen atoms in total. The van der Waals surface area contributed by atoms with Crippen LogP contribution in [0.5, 0.6) is 0 Å². The van der Waals surface area contributed by atoms with Gasteiger partial charge in [-0.25, -0.2) is 14.8 Å². The van der Waals surface area contributed by atoms with E-state index in [0.29, 0.717) is 18.0 Å². The van der Waals surface area contributed by atoms with E-state index in [1.165, 1.54) is 35.3 Å². The van der Waals surface area contributed by atoms with Crippen LogP contribution in [0.1, 0.15) is 26.0 Å². The smallest absolute Gasteiger partial charge is 0.355 e. The lowest BCUT2D eigenvalue weighted by Crippen LogP contribution is -2.26. The summed E-state index contributed by atoms with van der Waals surface area (Å²) in [7, 11) is 0. The van der Waals surface area contributed by atoms with Crippen molar-refractivity contribution < 1.29 is 14.7 Å². The second-order valence-electron chi connectivity index (χ2n) is 3.53. The van der Waals surface area contributed by atoms with Crippen LogP contribution in [0.25, 0.3) is 0 Å². The van der Waals surface area contributed by atoms with E-state index in [9.17, 15) is 9.59 Å². The lowest BCUT2D eigenvalue weighted by Gasteiger charge is -2.02. The van der Waals surface area contributed by atoms with Crippen molar-refractivity contribution in [1.29, 1.82) is 0 Å². The van der Waals surface area contributed by atoms with Crippen molar-refractivity contribution in [3.05, 3.63) is 40.4 Å². The highest BCUT2D eigenvalue weighted by Gasteiger charge is 2.09. The van der Waals surface area contributed by atoms with E-state index in [0.717, 1.165) is 0 Å². The molecule has 0 fully saturated rings. The van der Waals surface area contributed by atoms with Crippen LogP contribution in [0.4, 0.5) is 0 Å². The van der Waals surface area contributed by atoms with E-state index < -0.39 is 5.97 Å². The van der Waals surface area contributed by atoms with Gasteiger partial charge in [0.1, 0.15) is 5.69 Å². The highest BCUT2D eigenvalue weighted by atomic mass is 32.1. The number of carbonyl (C=O) groups is 2. The summed E-state index contributed by atoms with van der Waals surface area (Å²) in [5.74, 6) is -1.37. The average Bonchev–Trinajstić information content (AvgIpc) is 2.89. The van der Waals surface area contributed by atoms with Crippen LogP contribution >= 0.6 is 11.3 Å². The molecule has 0 aliphatic rings. The molecule has 98 valence electrons. The number of carbonyl (C=O) groups excluding carboxylic acids is 1. The Morgan fingerprint density at radius 3 is 2.79 bits per heavy atom.